The van der Waals surface area contributed by atoms with Crippen LogP contribution in [-0.2, 0) is 9.59 Å². The highest BCUT2D eigenvalue weighted by Gasteiger charge is 2.66. The van der Waals surface area contributed by atoms with Crippen molar-refractivity contribution in [2.24, 2.45) is 23.2 Å². The van der Waals surface area contributed by atoms with Gasteiger partial charge in [-0.3, -0.25) is 9.59 Å². The third-order valence-corrected chi connectivity index (χ3v) is 4.82. The standard InChI is InChI=1S/C14H23NO3/c1-8-6-4-5-7-9(8)15-12(16)10-11(13(17)18)14(10,2)3/h8-11H,4-7H2,1-3H3,(H,15,16)(H,17,18)/t8?,9?,10-,11+/m1/s1. The molecule has 0 spiro atoms. The minimum atomic E-state index is -0.850. The van der Waals surface area contributed by atoms with Gasteiger partial charge in [0.25, 0.3) is 0 Å². The molecule has 102 valence electrons. The maximum Gasteiger partial charge on any atom is 0.307 e. The summed E-state index contributed by atoms with van der Waals surface area (Å²) in [6.45, 7) is 5.89. The van der Waals surface area contributed by atoms with Crippen LogP contribution in [0, 0.1) is 23.2 Å². The average molecular weight is 253 g/mol. The zero-order chi connectivity index (χ0) is 13.5. The number of carboxylic acids is 1. The number of aliphatic carboxylic acids is 1. The van der Waals surface area contributed by atoms with E-state index in [4.69, 9.17) is 5.11 Å². The number of carboxylic acid groups (broad SMARTS) is 1. The lowest BCUT2D eigenvalue weighted by atomic mass is 9.86. The van der Waals surface area contributed by atoms with Crippen molar-refractivity contribution in [3.05, 3.63) is 0 Å². The molecule has 2 aliphatic carbocycles. The summed E-state index contributed by atoms with van der Waals surface area (Å²) < 4.78 is 0. The fourth-order valence-electron chi connectivity index (χ4n) is 3.39. The van der Waals surface area contributed by atoms with Crippen LogP contribution in [0.5, 0.6) is 0 Å². The number of carbonyl (C=O) groups excluding carboxylic acids is 1. The molecule has 0 bridgehead atoms. The number of rotatable bonds is 3. The molecule has 0 radical (unpaired) electrons. The van der Waals surface area contributed by atoms with E-state index in [1.807, 2.05) is 13.8 Å². The molecule has 0 heterocycles. The molecule has 2 aliphatic rings. The second-order valence-electron chi connectivity index (χ2n) is 6.49. The quantitative estimate of drug-likeness (QED) is 0.809. The molecule has 0 aromatic carbocycles. The molecule has 0 saturated heterocycles. The molecule has 2 rings (SSSR count). The SMILES string of the molecule is CC1CCCCC1NC(=O)[C@H]1[C@@H](C(=O)O)C1(C)C. The van der Waals surface area contributed by atoms with Crippen molar-refractivity contribution in [3.63, 3.8) is 0 Å². The van der Waals surface area contributed by atoms with E-state index in [-0.39, 0.29) is 17.9 Å². The molecule has 0 aromatic heterocycles. The Labute approximate surface area is 108 Å². The Hall–Kier alpha value is -1.06. The van der Waals surface area contributed by atoms with Crippen LogP contribution < -0.4 is 5.32 Å². The first-order valence-electron chi connectivity index (χ1n) is 6.89. The predicted octanol–water partition coefficient (Wildman–Crippen LogP) is 2.04. The van der Waals surface area contributed by atoms with Gasteiger partial charge in [-0.2, -0.15) is 0 Å². The number of hydrogen-bond acceptors (Lipinski definition) is 2. The largest absolute Gasteiger partial charge is 0.481 e. The minimum absolute atomic E-state index is 0.0637. The predicted molar refractivity (Wildman–Crippen MR) is 68.0 cm³/mol. The monoisotopic (exact) mass is 253 g/mol. The van der Waals surface area contributed by atoms with Gasteiger partial charge in [0.1, 0.15) is 0 Å². The van der Waals surface area contributed by atoms with Gasteiger partial charge < -0.3 is 10.4 Å². The molecule has 2 N–H and O–H groups in total. The van der Waals surface area contributed by atoms with E-state index in [1.54, 1.807) is 0 Å². The van der Waals surface area contributed by atoms with E-state index in [9.17, 15) is 9.59 Å². The average Bonchev–Trinajstić information content (AvgIpc) is 2.85. The van der Waals surface area contributed by atoms with E-state index in [0.717, 1.165) is 19.3 Å². The fourth-order valence-corrected chi connectivity index (χ4v) is 3.39. The van der Waals surface area contributed by atoms with E-state index >= 15 is 0 Å². The molecule has 0 aromatic rings. The highest BCUT2D eigenvalue weighted by molar-refractivity contribution is 5.91. The second-order valence-corrected chi connectivity index (χ2v) is 6.49. The van der Waals surface area contributed by atoms with Crippen LogP contribution in [0.1, 0.15) is 46.5 Å². The van der Waals surface area contributed by atoms with Crippen molar-refractivity contribution in [1.29, 1.82) is 0 Å². The van der Waals surface area contributed by atoms with Crippen molar-refractivity contribution in [2.75, 3.05) is 0 Å². The summed E-state index contributed by atoms with van der Waals surface area (Å²) in [5.74, 6) is -1.28. The smallest absolute Gasteiger partial charge is 0.307 e. The summed E-state index contributed by atoms with van der Waals surface area (Å²) in [5.41, 5.74) is -0.395. The summed E-state index contributed by atoms with van der Waals surface area (Å²) >= 11 is 0. The molecule has 0 aliphatic heterocycles. The third kappa shape index (κ3) is 2.25. The lowest BCUT2D eigenvalue weighted by Gasteiger charge is -2.29. The Kier molecular flexibility index (Phi) is 3.39. The highest BCUT2D eigenvalue weighted by atomic mass is 16.4. The first kappa shape index (κ1) is 13.4. The van der Waals surface area contributed by atoms with Crippen LogP contribution in [0.15, 0.2) is 0 Å². The number of nitrogens with one attached hydrogen (secondary N) is 1. The van der Waals surface area contributed by atoms with Crippen LogP contribution in [0.3, 0.4) is 0 Å². The Bertz CT molecular complexity index is 364. The lowest BCUT2D eigenvalue weighted by Crippen LogP contribution is -2.42. The molecule has 2 unspecified atom stereocenters. The zero-order valence-electron chi connectivity index (χ0n) is 11.4. The molecule has 1 amide bonds. The topological polar surface area (TPSA) is 66.4 Å². The fraction of sp³-hybridized carbons (Fsp3) is 0.857. The van der Waals surface area contributed by atoms with Crippen LogP contribution >= 0.6 is 0 Å². The van der Waals surface area contributed by atoms with Gasteiger partial charge in [-0.15, -0.1) is 0 Å². The number of hydrogen-bond donors (Lipinski definition) is 2. The minimum Gasteiger partial charge on any atom is -0.481 e. The molecular weight excluding hydrogens is 230 g/mol. The van der Waals surface area contributed by atoms with Gasteiger partial charge in [-0.25, -0.2) is 0 Å². The number of carbonyl (C=O) groups is 2. The third-order valence-electron chi connectivity index (χ3n) is 4.82. The van der Waals surface area contributed by atoms with Crippen molar-refractivity contribution in [3.8, 4) is 0 Å². The number of amides is 1. The van der Waals surface area contributed by atoms with Crippen molar-refractivity contribution in [2.45, 2.75) is 52.5 Å². The molecule has 4 atom stereocenters. The van der Waals surface area contributed by atoms with Crippen molar-refractivity contribution < 1.29 is 14.7 Å². The Morgan fingerprint density at radius 3 is 2.28 bits per heavy atom. The van der Waals surface area contributed by atoms with Gasteiger partial charge in [0.15, 0.2) is 0 Å². The van der Waals surface area contributed by atoms with E-state index in [2.05, 4.69) is 12.2 Å². The molecule has 2 fully saturated rings. The summed E-state index contributed by atoms with van der Waals surface area (Å²) in [4.78, 5) is 23.2. The van der Waals surface area contributed by atoms with E-state index in [1.165, 1.54) is 6.42 Å². The normalized spacial score (nSPS) is 37.9. The Morgan fingerprint density at radius 2 is 1.78 bits per heavy atom. The lowest BCUT2D eigenvalue weighted by molar-refractivity contribution is -0.140. The summed E-state index contributed by atoms with van der Waals surface area (Å²) in [7, 11) is 0. The first-order valence-corrected chi connectivity index (χ1v) is 6.89. The summed E-state index contributed by atoms with van der Waals surface area (Å²) in [6.07, 6.45) is 4.57. The van der Waals surface area contributed by atoms with E-state index < -0.39 is 17.3 Å². The first-order chi connectivity index (χ1) is 8.35. The molecule has 4 heteroatoms. The van der Waals surface area contributed by atoms with Gasteiger partial charge in [0, 0.05) is 6.04 Å². The van der Waals surface area contributed by atoms with Crippen molar-refractivity contribution >= 4 is 11.9 Å². The van der Waals surface area contributed by atoms with Crippen LogP contribution in [-0.4, -0.2) is 23.0 Å². The summed E-state index contributed by atoms with van der Waals surface area (Å²) in [5, 5.41) is 12.2. The van der Waals surface area contributed by atoms with Crippen molar-refractivity contribution in [1.82, 2.24) is 5.32 Å². The van der Waals surface area contributed by atoms with Gasteiger partial charge in [0.2, 0.25) is 5.91 Å². The molecular formula is C14H23NO3. The van der Waals surface area contributed by atoms with Gasteiger partial charge in [-0.05, 0) is 24.2 Å². The highest BCUT2D eigenvalue weighted by Crippen LogP contribution is 2.58. The molecule has 4 nitrogen and oxygen atoms in total. The Balaban J connectivity index is 1.95. The molecule has 2 saturated carbocycles. The second kappa shape index (κ2) is 4.56. The zero-order valence-corrected chi connectivity index (χ0v) is 11.4. The van der Waals surface area contributed by atoms with Crippen LogP contribution in [0.25, 0.3) is 0 Å². The maximum absolute atomic E-state index is 12.2. The van der Waals surface area contributed by atoms with Crippen LogP contribution in [0.2, 0.25) is 0 Å². The molecule has 18 heavy (non-hydrogen) atoms. The summed E-state index contributed by atoms with van der Waals surface area (Å²) in [6, 6.07) is 0.233. The Morgan fingerprint density at radius 1 is 1.17 bits per heavy atom. The maximum atomic E-state index is 12.2. The van der Waals surface area contributed by atoms with Gasteiger partial charge >= 0.3 is 5.97 Å². The van der Waals surface area contributed by atoms with Crippen LogP contribution in [0.4, 0.5) is 0 Å². The van der Waals surface area contributed by atoms with E-state index in [0.29, 0.717) is 5.92 Å². The van der Waals surface area contributed by atoms with Gasteiger partial charge in [0.05, 0.1) is 11.8 Å². The van der Waals surface area contributed by atoms with Gasteiger partial charge in [-0.1, -0.05) is 33.6 Å².